The maximum absolute atomic E-state index is 12.0. The van der Waals surface area contributed by atoms with Gasteiger partial charge in [-0.1, -0.05) is 35.9 Å². The van der Waals surface area contributed by atoms with E-state index in [9.17, 15) is 13.2 Å². The lowest BCUT2D eigenvalue weighted by Crippen LogP contribution is -2.34. The monoisotopic (exact) mass is 381 g/mol. The molecule has 0 aliphatic heterocycles. The van der Waals surface area contributed by atoms with Gasteiger partial charge in [-0.05, 0) is 23.3 Å². The predicted octanol–water partition coefficient (Wildman–Crippen LogP) is 2.20. The predicted molar refractivity (Wildman–Crippen MR) is 97.4 cm³/mol. The summed E-state index contributed by atoms with van der Waals surface area (Å²) in [5.41, 5.74) is 1.58. The minimum atomic E-state index is -3.43. The molecule has 0 spiro atoms. The molecule has 1 aromatic carbocycles. The Labute approximate surface area is 152 Å². The fourth-order valence-electron chi connectivity index (χ4n) is 2.21. The molecule has 0 unspecified atom stereocenters. The summed E-state index contributed by atoms with van der Waals surface area (Å²) in [6.07, 6.45) is 4.43. The third-order valence-electron chi connectivity index (χ3n) is 3.57. The van der Waals surface area contributed by atoms with Gasteiger partial charge in [-0.15, -0.1) is 0 Å². The van der Waals surface area contributed by atoms with Crippen LogP contribution in [0.1, 0.15) is 17.5 Å². The number of hydrogen-bond donors (Lipinski definition) is 1. The Balaban J connectivity index is 1.89. The van der Waals surface area contributed by atoms with E-state index in [1.165, 1.54) is 4.31 Å². The molecule has 0 atom stereocenters. The van der Waals surface area contributed by atoms with Gasteiger partial charge in [0.15, 0.2) is 0 Å². The first kappa shape index (κ1) is 19.4. The fourth-order valence-corrected chi connectivity index (χ4v) is 3.22. The first-order valence-electron chi connectivity index (χ1n) is 7.70. The molecule has 0 saturated carbocycles. The first-order valence-corrected chi connectivity index (χ1v) is 9.93. The average Bonchev–Trinajstić information content (AvgIpc) is 2.57. The molecule has 134 valence electrons. The van der Waals surface area contributed by atoms with Gasteiger partial charge in [0.05, 0.1) is 6.26 Å². The van der Waals surface area contributed by atoms with E-state index in [2.05, 4.69) is 10.3 Å². The molecule has 1 N–H and O–H groups in total. The highest BCUT2D eigenvalue weighted by Gasteiger charge is 2.18. The normalized spacial score (nSPS) is 11.5. The van der Waals surface area contributed by atoms with Crippen LogP contribution in [0.2, 0.25) is 5.02 Å². The molecule has 6 nitrogen and oxygen atoms in total. The maximum Gasteiger partial charge on any atom is 0.221 e. The van der Waals surface area contributed by atoms with Crippen LogP contribution in [-0.2, 0) is 27.9 Å². The van der Waals surface area contributed by atoms with E-state index in [-0.39, 0.29) is 25.4 Å². The van der Waals surface area contributed by atoms with Crippen LogP contribution in [0, 0.1) is 0 Å². The van der Waals surface area contributed by atoms with Crippen molar-refractivity contribution in [3.8, 4) is 0 Å². The number of benzene rings is 1. The van der Waals surface area contributed by atoms with Gasteiger partial charge in [-0.25, -0.2) is 8.42 Å². The summed E-state index contributed by atoms with van der Waals surface area (Å²) in [4.78, 5) is 16.0. The van der Waals surface area contributed by atoms with Crippen molar-refractivity contribution in [2.45, 2.75) is 19.5 Å². The Hall–Kier alpha value is -1.96. The summed E-state index contributed by atoms with van der Waals surface area (Å²) in [7, 11) is -3.43. The summed E-state index contributed by atoms with van der Waals surface area (Å²) < 4.78 is 25.1. The molecule has 0 saturated heterocycles. The second-order valence-electron chi connectivity index (χ2n) is 5.58. The molecule has 8 heteroatoms. The summed E-state index contributed by atoms with van der Waals surface area (Å²) in [5, 5.41) is 3.33. The summed E-state index contributed by atoms with van der Waals surface area (Å²) in [6.45, 7) is 0.590. The summed E-state index contributed by atoms with van der Waals surface area (Å²) >= 11 is 6.04. The van der Waals surface area contributed by atoms with Crippen LogP contribution >= 0.6 is 11.6 Å². The molecule has 25 heavy (non-hydrogen) atoms. The van der Waals surface area contributed by atoms with Crippen LogP contribution in [-0.4, -0.2) is 36.4 Å². The van der Waals surface area contributed by atoms with Crippen LogP contribution in [0.5, 0.6) is 0 Å². The van der Waals surface area contributed by atoms with Crippen molar-refractivity contribution in [1.82, 2.24) is 14.6 Å². The van der Waals surface area contributed by atoms with Crippen LogP contribution in [0.15, 0.2) is 48.8 Å². The van der Waals surface area contributed by atoms with Crippen LogP contribution in [0.4, 0.5) is 0 Å². The van der Waals surface area contributed by atoms with Crippen LogP contribution in [0.25, 0.3) is 0 Å². The van der Waals surface area contributed by atoms with Crippen molar-refractivity contribution in [2.24, 2.45) is 0 Å². The highest BCUT2D eigenvalue weighted by Crippen LogP contribution is 2.14. The van der Waals surface area contributed by atoms with E-state index < -0.39 is 10.0 Å². The van der Waals surface area contributed by atoms with Gasteiger partial charge in [0, 0.05) is 43.5 Å². The van der Waals surface area contributed by atoms with Gasteiger partial charge in [-0.3, -0.25) is 9.78 Å². The Kier molecular flexibility index (Phi) is 6.92. The van der Waals surface area contributed by atoms with E-state index in [0.717, 1.165) is 17.4 Å². The quantitative estimate of drug-likeness (QED) is 0.760. The van der Waals surface area contributed by atoms with Gasteiger partial charge in [0.1, 0.15) is 0 Å². The van der Waals surface area contributed by atoms with Crippen LogP contribution < -0.4 is 5.32 Å². The van der Waals surface area contributed by atoms with Gasteiger partial charge in [-0.2, -0.15) is 4.31 Å². The largest absolute Gasteiger partial charge is 0.352 e. The lowest BCUT2D eigenvalue weighted by molar-refractivity contribution is -0.121. The Bertz CT molecular complexity index is 813. The minimum Gasteiger partial charge on any atom is -0.352 e. The van der Waals surface area contributed by atoms with Gasteiger partial charge < -0.3 is 5.32 Å². The molecule has 1 heterocycles. The fraction of sp³-hybridized carbons (Fsp3) is 0.294. The zero-order valence-electron chi connectivity index (χ0n) is 13.9. The molecule has 0 aliphatic rings. The van der Waals surface area contributed by atoms with E-state index in [1.807, 2.05) is 18.2 Å². The molecule has 1 aromatic heterocycles. The zero-order chi connectivity index (χ0) is 18.3. The lowest BCUT2D eigenvalue weighted by atomic mass is 10.2. The maximum atomic E-state index is 12.0. The molecule has 1 amide bonds. The van der Waals surface area contributed by atoms with E-state index >= 15 is 0 Å². The van der Waals surface area contributed by atoms with Crippen molar-refractivity contribution in [3.05, 3.63) is 64.9 Å². The lowest BCUT2D eigenvalue weighted by Gasteiger charge is -2.19. The third-order valence-corrected chi connectivity index (χ3v) is 5.19. The number of aromatic nitrogens is 1. The topological polar surface area (TPSA) is 79.4 Å². The minimum absolute atomic E-state index is 0.0672. The summed E-state index contributed by atoms with van der Waals surface area (Å²) in [5.74, 6) is -0.236. The number of sulfonamides is 1. The van der Waals surface area contributed by atoms with Crippen LogP contribution in [0.3, 0.4) is 0 Å². The molecule has 0 fully saturated rings. The highest BCUT2D eigenvalue weighted by atomic mass is 35.5. The van der Waals surface area contributed by atoms with E-state index in [4.69, 9.17) is 11.6 Å². The average molecular weight is 382 g/mol. The molecule has 2 aromatic rings. The van der Waals surface area contributed by atoms with Crippen molar-refractivity contribution in [3.63, 3.8) is 0 Å². The van der Waals surface area contributed by atoms with Crippen molar-refractivity contribution in [2.75, 3.05) is 12.8 Å². The Morgan fingerprint density at radius 3 is 2.64 bits per heavy atom. The smallest absolute Gasteiger partial charge is 0.221 e. The van der Waals surface area contributed by atoms with E-state index in [1.54, 1.807) is 30.6 Å². The molecular weight excluding hydrogens is 362 g/mol. The number of nitrogens with zero attached hydrogens (tertiary/aromatic N) is 2. The van der Waals surface area contributed by atoms with Crippen molar-refractivity contribution >= 4 is 27.5 Å². The SMILES string of the molecule is CS(=O)(=O)N(CCC(=O)NCc1ccccc1Cl)Cc1cccnc1. The second kappa shape index (κ2) is 8.94. The van der Waals surface area contributed by atoms with Gasteiger partial charge in [0.2, 0.25) is 15.9 Å². The number of nitrogens with one attached hydrogen (secondary N) is 1. The van der Waals surface area contributed by atoms with Gasteiger partial charge >= 0.3 is 0 Å². The number of hydrogen-bond acceptors (Lipinski definition) is 4. The highest BCUT2D eigenvalue weighted by molar-refractivity contribution is 7.88. The number of pyridine rings is 1. The number of amides is 1. The van der Waals surface area contributed by atoms with Crippen molar-refractivity contribution < 1.29 is 13.2 Å². The zero-order valence-corrected chi connectivity index (χ0v) is 15.4. The van der Waals surface area contributed by atoms with E-state index in [0.29, 0.717) is 11.6 Å². The summed E-state index contributed by atoms with van der Waals surface area (Å²) in [6, 6.07) is 10.8. The number of halogens is 1. The number of carbonyl (C=O) groups excluding carboxylic acids is 1. The molecule has 0 bridgehead atoms. The number of carbonyl (C=O) groups is 1. The molecule has 0 aliphatic carbocycles. The molecular formula is C17H20ClN3O3S. The Morgan fingerprint density at radius 2 is 2.00 bits per heavy atom. The Morgan fingerprint density at radius 1 is 1.24 bits per heavy atom. The number of rotatable bonds is 8. The first-order chi connectivity index (χ1) is 11.9. The standard InChI is InChI=1S/C17H20ClN3O3S/c1-25(23,24)21(13-14-5-4-9-19-11-14)10-8-17(22)20-12-15-6-2-3-7-16(15)18/h2-7,9,11H,8,10,12-13H2,1H3,(H,20,22). The van der Waals surface area contributed by atoms with Crippen molar-refractivity contribution in [1.29, 1.82) is 0 Å². The third kappa shape index (κ3) is 6.45. The second-order valence-corrected chi connectivity index (χ2v) is 7.97. The molecule has 0 radical (unpaired) electrons. The van der Waals surface area contributed by atoms with Gasteiger partial charge in [0.25, 0.3) is 0 Å². The molecule has 2 rings (SSSR count).